The van der Waals surface area contributed by atoms with Gasteiger partial charge in [-0.2, -0.15) is 3.89 Å². The van der Waals surface area contributed by atoms with E-state index in [0.29, 0.717) is 3.97 Å². The van der Waals surface area contributed by atoms with E-state index in [-0.39, 0.29) is 11.4 Å². The Hall–Kier alpha value is -2.29. The smallest absolute Gasteiger partial charge is 0.412 e. The van der Waals surface area contributed by atoms with Crippen LogP contribution in [0.15, 0.2) is 29.6 Å². The Morgan fingerprint density at radius 2 is 2.00 bits per heavy atom. The van der Waals surface area contributed by atoms with Gasteiger partial charge in [-0.05, 0) is 39.8 Å². The maximum Gasteiger partial charge on any atom is 0.412 e. The van der Waals surface area contributed by atoms with Crippen LogP contribution in [0.5, 0.6) is 0 Å². The zero-order valence-corrected chi connectivity index (χ0v) is 15.7. The number of anilines is 1. The first kappa shape index (κ1) is 20.8. The molecule has 0 bridgehead atoms. The Labute approximate surface area is 147 Å². The van der Waals surface area contributed by atoms with Gasteiger partial charge in [0.05, 0.1) is 17.7 Å². The average Bonchev–Trinajstić information content (AvgIpc) is 2.47. The van der Waals surface area contributed by atoms with Gasteiger partial charge in [-0.25, -0.2) is 13.6 Å². The monoisotopic (exact) mass is 374 g/mol. The van der Waals surface area contributed by atoms with E-state index in [1.165, 1.54) is 25.1 Å². The van der Waals surface area contributed by atoms with E-state index in [0.717, 1.165) is 7.11 Å². The summed E-state index contributed by atoms with van der Waals surface area (Å²) in [5.74, 6) is -0.393. The third kappa shape index (κ3) is 4.85. The van der Waals surface area contributed by atoms with Crippen LogP contribution in [0.4, 0.5) is 19.2 Å². The summed E-state index contributed by atoms with van der Waals surface area (Å²) in [6.45, 7) is 9.90. The van der Waals surface area contributed by atoms with Gasteiger partial charge in [-0.15, -0.1) is 6.58 Å². The normalized spacial score (nSPS) is 14.8. The van der Waals surface area contributed by atoms with Crippen molar-refractivity contribution in [3.8, 4) is 0 Å². The molecular formula is C16H23FN2O5S. The van der Waals surface area contributed by atoms with Gasteiger partial charge >= 0.3 is 11.4 Å². The molecule has 1 unspecified atom stereocenters. The molecule has 0 aromatic carbocycles. The van der Waals surface area contributed by atoms with E-state index in [1.54, 1.807) is 20.8 Å². The highest BCUT2D eigenvalue weighted by Crippen LogP contribution is 2.52. The number of aromatic nitrogens is 1. The molecule has 1 amide bonds. The van der Waals surface area contributed by atoms with Gasteiger partial charge < -0.3 is 9.47 Å². The van der Waals surface area contributed by atoms with Crippen LogP contribution in [0, 0.1) is 6.92 Å². The van der Waals surface area contributed by atoms with Gasteiger partial charge in [-0.1, -0.05) is 6.08 Å². The molecule has 0 saturated heterocycles. The Morgan fingerprint density at radius 1 is 1.40 bits per heavy atom. The molecule has 0 aliphatic heterocycles. The number of aryl methyl sites for hydroxylation is 1. The largest absolute Gasteiger partial charge is 0.459 e. The van der Waals surface area contributed by atoms with Crippen molar-refractivity contribution in [2.45, 2.75) is 33.3 Å². The first-order valence-corrected chi connectivity index (χ1v) is 9.05. The SMILES string of the molecule is C=CCS(F)(C(=O)OC)n1c(C)ccc(NC(=O)OC(C)(C)C)c1=O. The molecule has 9 heteroatoms. The van der Waals surface area contributed by atoms with Gasteiger partial charge in [0, 0.05) is 11.4 Å². The molecule has 7 nitrogen and oxygen atoms in total. The molecule has 0 aliphatic carbocycles. The number of rotatable bonds is 4. The lowest BCUT2D eigenvalue weighted by atomic mass is 10.2. The summed E-state index contributed by atoms with van der Waals surface area (Å²) in [5.41, 5.74) is -1.62. The van der Waals surface area contributed by atoms with E-state index in [1.807, 2.05) is 0 Å². The summed E-state index contributed by atoms with van der Waals surface area (Å²) in [4.78, 5) is 36.5. The summed E-state index contributed by atoms with van der Waals surface area (Å²) in [6.07, 6.45) is 0.341. The minimum Gasteiger partial charge on any atom is -0.459 e. The number of pyridine rings is 1. The molecule has 0 radical (unpaired) electrons. The Balaban J connectivity index is 3.39. The highest BCUT2D eigenvalue weighted by Gasteiger charge is 2.37. The second-order valence-electron chi connectivity index (χ2n) is 6.14. The number of methoxy groups -OCH3 is 1. The molecular weight excluding hydrogens is 351 g/mol. The first-order chi connectivity index (χ1) is 11.5. The van der Waals surface area contributed by atoms with Crippen LogP contribution >= 0.6 is 10.6 Å². The number of amides is 1. The van der Waals surface area contributed by atoms with Gasteiger partial charge in [0.15, 0.2) is 0 Å². The molecule has 25 heavy (non-hydrogen) atoms. The van der Waals surface area contributed by atoms with Crippen LogP contribution in [0.1, 0.15) is 26.5 Å². The molecule has 1 rings (SSSR count). The van der Waals surface area contributed by atoms with E-state index < -0.39 is 38.9 Å². The second-order valence-corrected chi connectivity index (χ2v) is 8.42. The lowest BCUT2D eigenvalue weighted by molar-refractivity contribution is 0.0635. The summed E-state index contributed by atoms with van der Waals surface area (Å²) < 4.78 is 25.7. The molecule has 1 aromatic rings. The van der Waals surface area contributed by atoms with Crippen LogP contribution in [0.25, 0.3) is 0 Å². The van der Waals surface area contributed by atoms with E-state index in [4.69, 9.17) is 4.74 Å². The molecule has 140 valence electrons. The van der Waals surface area contributed by atoms with E-state index in [9.17, 15) is 14.4 Å². The molecule has 1 N–H and O–H groups in total. The van der Waals surface area contributed by atoms with Crippen molar-refractivity contribution < 1.29 is 22.9 Å². The number of hydrogen-bond donors (Lipinski definition) is 1. The highest BCUT2D eigenvalue weighted by molar-refractivity contribution is 8.40. The number of hydrogen-bond acceptors (Lipinski definition) is 5. The van der Waals surface area contributed by atoms with Gasteiger partial charge in [0.25, 0.3) is 5.56 Å². The average molecular weight is 374 g/mol. The standard InChI is InChI=1S/C16H23FN2O5S/c1-7-10-25(17,15(22)23-6)19-11(2)8-9-12(13(19)20)18-14(21)24-16(3,4)5/h7-9H,1,10H2,2-6H3,(H,18,21). The van der Waals surface area contributed by atoms with Gasteiger partial charge in [0.2, 0.25) is 0 Å². The van der Waals surface area contributed by atoms with Gasteiger partial charge in [0.1, 0.15) is 11.3 Å². The summed E-state index contributed by atoms with van der Waals surface area (Å²) >= 11 is 0. The second kappa shape index (κ2) is 7.73. The Kier molecular flexibility index (Phi) is 6.42. The van der Waals surface area contributed by atoms with E-state index >= 15 is 3.89 Å². The fourth-order valence-corrected chi connectivity index (χ4v) is 3.86. The third-order valence-corrected chi connectivity index (χ3v) is 5.30. The topological polar surface area (TPSA) is 86.6 Å². The van der Waals surface area contributed by atoms with Gasteiger partial charge in [-0.3, -0.25) is 10.1 Å². The fraction of sp³-hybridized carbons (Fsp3) is 0.438. The van der Waals surface area contributed by atoms with Crippen molar-refractivity contribution in [1.29, 1.82) is 0 Å². The predicted molar refractivity (Wildman–Crippen MR) is 96.9 cm³/mol. The predicted octanol–water partition coefficient (Wildman–Crippen LogP) is 3.91. The quantitative estimate of drug-likeness (QED) is 0.638. The number of nitrogens with zero attached hydrogens (tertiary/aromatic N) is 1. The zero-order valence-electron chi connectivity index (χ0n) is 14.9. The van der Waals surface area contributed by atoms with Crippen molar-refractivity contribution in [1.82, 2.24) is 3.97 Å². The molecule has 0 saturated carbocycles. The first-order valence-electron chi connectivity index (χ1n) is 7.39. The Bertz CT molecular complexity index is 741. The number of carbonyl (C=O) groups excluding carboxylic acids is 2. The minimum absolute atomic E-state index is 0.206. The molecule has 1 atom stereocenters. The lowest BCUT2D eigenvalue weighted by Crippen LogP contribution is -2.34. The zero-order chi connectivity index (χ0) is 19.4. The minimum atomic E-state index is -3.82. The van der Waals surface area contributed by atoms with Crippen molar-refractivity contribution in [3.05, 3.63) is 40.8 Å². The molecule has 0 fully saturated rings. The molecule has 1 heterocycles. The van der Waals surface area contributed by atoms with Crippen molar-refractivity contribution in [2.75, 3.05) is 18.2 Å². The Morgan fingerprint density at radius 3 is 2.48 bits per heavy atom. The molecule has 1 aromatic heterocycles. The summed E-state index contributed by atoms with van der Waals surface area (Å²) in [7, 11) is -2.78. The third-order valence-electron chi connectivity index (χ3n) is 2.91. The van der Waals surface area contributed by atoms with E-state index in [2.05, 4.69) is 16.6 Å². The molecule has 0 spiro atoms. The number of ether oxygens (including phenoxy) is 2. The van der Waals surface area contributed by atoms with Crippen LogP contribution in [0.3, 0.4) is 0 Å². The van der Waals surface area contributed by atoms with Crippen LogP contribution < -0.4 is 10.9 Å². The maximum absolute atomic E-state index is 15.4. The highest BCUT2D eigenvalue weighted by atomic mass is 32.3. The number of halogens is 1. The fourth-order valence-electron chi connectivity index (χ4n) is 1.98. The van der Waals surface area contributed by atoms with Crippen molar-refractivity contribution in [2.24, 2.45) is 0 Å². The lowest BCUT2D eigenvalue weighted by Gasteiger charge is -2.30. The number of carbonyl (C=O) groups is 2. The maximum atomic E-state index is 15.4. The summed E-state index contributed by atoms with van der Waals surface area (Å²) in [5, 5.41) is 1.12. The molecule has 0 aliphatic rings. The van der Waals surface area contributed by atoms with Crippen LogP contribution in [0.2, 0.25) is 0 Å². The van der Waals surface area contributed by atoms with Crippen LogP contribution in [-0.4, -0.2) is 33.8 Å². The van der Waals surface area contributed by atoms with Crippen molar-refractivity contribution >= 4 is 27.7 Å². The van der Waals surface area contributed by atoms with Crippen molar-refractivity contribution in [3.63, 3.8) is 0 Å². The van der Waals surface area contributed by atoms with Crippen LogP contribution in [-0.2, 0) is 9.47 Å². The number of nitrogens with one attached hydrogen (secondary N) is 1. The summed E-state index contributed by atoms with van der Waals surface area (Å²) in [6, 6.07) is 2.74.